The molecular formula is C5H9NO2. The lowest BCUT2D eigenvalue weighted by Crippen LogP contribution is -2.17. The van der Waals surface area contributed by atoms with Crippen LogP contribution in [0.2, 0.25) is 0 Å². The predicted molar refractivity (Wildman–Crippen MR) is 30.0 cm³/mol. The van der Waals surface area contributed by atoms with Gasteiger partial charge in [0.2, 0.25) is 5.91 Å². The number of aliphatic hydroxyl groups is 1. The summed E-state index contributed by atoms with van der Waals surface area (Å²) < 4.78 is 0. The lowest BCUT2D eigenvalue weighted by molar-refractivity contribution is -0.120. The maximum atomic E-state index is 10.3. The molecule has 0 spiro atoms. The van der Waals surface area contributed by atoms with E-state index in [1.807, 2.05) is 0 Å². The molecule has 1 amide bonds. The number of carbonyl (C=O) groups excluding carboxylic acids is 1. The second-order valence-corrected chi connectivity index (χ2v) is 1.25. The van der Waals surface area contributed by atoms with Gasteiger partial charge in [-0.05, 0) is 6.20 Å². The fraction of sp³-hybridized carbons (Fsp3) is 0.400. The topological polar surface area (TPSA) is 49.3 Å². The molecule has 0 radical (unpaired) electrons. The summed E-state index contributed by atoms with van der Waals surface area (Å²) in [4.78, 5) is 10.3. The smallest absolute Gasteiger partial charge is 0.226 e. The van der Waals surface area contributed by atoms with Gasteiger partial charge in [0, 0.05) is 0 Å². The summed E-state index contributed by atoms with van der Waals surface area (Å²) in [7, 11) is 0. The first-order valence-corrected chi connectivity index (χ1v) is 2.32. The lowest BCUT2D eigenvalue weighted by Gasteiger charge is -1.92. The number of rotatable bonds is 3. The van der Waals surface area contributed by atoms with Crippen molar-refractivity contribution in [3.63, 3.8) is 0 Å². The maximum absolute atomic E-state index is 10.3. The summed E-state index contributed by atoms with van der Waals surface area (Å²) in [6.45, 7) is 3.16. The highest BCUT2D eigenvalue weighted by Gasteiger charge is 1.92. The van der Waals surface area contributed by atoms with Crippen LogP contribution in [0, 0.1) is 0 Å². The van der Waals surface area contributed by atoms with Gasteiger partial charge in [-0.25, -0.2) is 0 Å². The van der Waals surface area contributed by atoms with Gasteiger partial charge in [-0.15, -0.1) is 0 Å². The average Bonchev–Trinajstić information content (AvgIpc) is 1.68. The molecule has 0 aromatic carbocycles. The van der Waals surface area contributed by atoms with Crippen LogP contribution < -0.4 is 5.32 Å². The molecule has 0 heterocycles. The van der Waals surface area contributed by atoms with Gasteiger partial charge >= 0.3 is 0 Å². The number of nitrogens with one attached hydrogen (secondary N) is 1. The number of hydrogen-bond acceptors (Lipinski definition) is 2. The molecule has 0 saturated carbocycles. The highest BCUT2D eigenvalue weighted by molar-refractivity contribution is 5.76. The van der Waals surface area contributed by atoms with Crippen molar-refractivity contribution in [1.29, 1.82) is 0 Å². The van der Waals surface area contributed by atoms with Crippen molar-refractivity contribution in [3.8, 4) is 0 Å². The van der Waals surface area contributed by atoms with Gasteiger partial charge in [0.25, 0.3) is 0 Å². The first-order chi connectivity index (χ1) is 3.81. The summed E-state index contributed by atoms with van der Waals surface area (Å²) in [5.74, 6) is -0.206. The van der Waals surface area contributed by atoms with E-state index in [1.54, 1.807) is 0 Å². The molecule has 0 rings (SSSR count). The van der Waals surface area contributed by atoms with Crippen molar-refractivity contribution in [2.24, 2.45) is 0 Å². The predicted octanol–water partition coefficient (Wildman–Crippen LogP) is -0.372. The monoisotopic (exact) mass is 115 g/mol. The zero-order valence-electron chi connectivity index (χ0n) is 4.55. The Bertz CT molecular complexity index is 90.4. The second kappa shape index (κ2) is 4.33. The Labute approximate surface area is 48.0 Å². The van der Waals surface area contributed by atoms with Gasteiger partial charge in [0.05, 0.1) is 13.0 Å². The van der Waals surface area contributed by atoms with E-state index in [0.29, 0.717) is 0 Å². The minimum atomic E-state index is -0.206. The molecular weight excluding hydrogens is 106 g/mol. The van der Waals surface area contributed by atoms with Crippen molar-refractivity contribution in [1.82, 2.24) is 5.32 Å². The molecule has 0 aromatic rings. The van der Waals surface area contributed by atoms with Crippen LogP contribution in [0.15, 0.2) is 12.8 Å². The van der Waals surface area contributed by atoms with Crippen molar-refractivity contribution in [2.75, 3.05) is 6.61 Å². The van der Waals surface area contributed by atoms with Crippen LogP contribution in [0.25, 0.3) is 0 Å². The molecule has 3 heteroatoms. The fourth-order valence-electron chi connectivity index (χ4n) is 0.288. The molecule has 0 aliphatic rings. The van der Waals surface area contributed by atoms with Gasteiger partial charge in [0.15, 0.2) is 0 Å². The quantitative estimate of drug-likeness (QED) is 0.527. The standard InChI is InChI=1S/C5H9NO2/c1-2-6-5(8)3-4-7/h2,7H,1,3-4H2,(H,6,8). The molecule has 0 aliphatic carbocycles. The van der Waals surface area contributed by atoms with E-state index in [0.717, 1.165) is 0 Å². The first kappa shape index (κ1) is 7.17. The highest BCUT2D eigenvalue weighted by atomic mass is 16.3. The summed E-state index contributed by atoms with van der Waals surface area (Å²) in [5.41, 5.74) is 0. The summed E-state index contributed by atoms with van der Waals surface area (Å²) in [6.07, 6.45) is 1.43. The van der Waals surface area contributed by atoms with Gasteiger partial charge in [-0.3, -0.25) is 4.79 Å². The Hall–Kier alpha value is -0.830. The Balaban J connectivity index is 3.18. The Morgan fingerprint density at radius 1 is 1.88 bits per heavy atom. The molecule has 0 saturated heterocycles. The van der Waals surface area contributed by atoms with Crippen LogP contribution in [0.5, 0.6) is 0 Å². The van der Waals surface area contributed by atoms with E-state index in [9.17, 15) is 4.79 Å². The largest absolute Gasteiger partial charge is 0.396 e. The SMILES string of the molecule is C=CNC(=O)CCO. The molecule has 0 bridgehead atoms. The third-order valence-electron chi connectivity index (χ3n) is 0.602. The molecule has 0 aromatic heterocycles. The summed E-state index contributed by atoms with van der Waals surface area (Å²) in [6, 6.07) is 0. The van der Waals surface area contributed by atoms with Gasteiger partial charge in [0.1, 0.15) is 0 Å². The van der Waals surface area contributed by atoms with E-state index in [1.165, 1.54) is 6.20 Å². The van der Waals surface area contributed by atoms with Crippen molar-refractivity contribution in [2.45, 2.75) is 6.42 Å². The Morgan fingerprint density at radius 3 is 2.88 bits per heavy atom. The zero-order valence-corrected chi connectivity index (χ0v) is 4.55. The number of carbonyl (C=O) groups is 1. The van der Waals surface area contributed by atoms with Crippen molar-refractivity contribution >= 4 is 5.91 Å². The van der Waals surface area contributed by atoms with E-state index in [2.05, 4.69) is 11.9 Å². The molecule has 8 heavy (non-hydrogen) atoms. The van der Waals surface area contributed by atoms with Crippen LogP contribution in [0.1, 0.15) is 6.42 Å². The van der Waals surface area contributed by atoms with Crippen LogP contribution in [-0.4, -0.2) is 17.6 Å². The Kier molecular flexibility index (Phi) is 3.88. The maximum Gasteiger partial charge on any atom is 0.226 e. The lowest BCUT2D eigenvalue weighted by atomic mass is 10.4. The van der Waals surface area contributed by atoms with Gasteiger partial charge in [-0.2, -0.15) is 0 Å². The molecule has 3 nitrogen and oxygen atoms in total. The molecule has 0 fully saturated rings. The second-order valence-electron chi connectivity index (χ2n) is 1.25. The third-order valence-corrected chi connectivity index (χ3v) is 0.602. The number of amides is 1. The van der Waals surface area contributed by atoms with Crippen LogP contribution >= 0.6 is 0 Å². The molecule has 0 unspecified atom stereocenters. The van der Waals surface area contributed by atoms with Gasteiger partial charge in [-0.1, -0.05) is 6.58 Å². The van der Waals surface area contributed by atoms with Crippen LogP contribution in [0.3, 0.4) is 0 Å². The minimum absolute atomic E-state index is 0.111. The number of hydrogen-bond donors (Lipinski definition) is 2. The minimum Gasteiger partial charge on any atom is -0.396 e. The number of aliphatic hydroxyl groups excluding tert-OH is 1. The highest BCUT2D eigenvalue weighted by Crippen LogP contribution is 1.73. The third kappa shape index (κ3) is 3.36. The van der Waals surface area contributed by atoms with E-state index in [4.69, 9.17) is 5.11 Å². The van der Waals surface area contributed by atoms with Gasteiger partial charge < -0.3 is 10.4 Å². The normalized spacial score (nSPS) is 8.12. The van der Waals surface area contributed by atoms with E-state index < -0.39 is 0 Å². The average molecular weight is 115 g/mol. The summed E-state index contributed by atoms with van der Waals surface area (Å²) in [5, 5.41) is 10.5. The molecule has 2 N–H and O–H groups in total. The molecule has 0 atom stereocenters. The molecule has 0 aliphatic heterocycles. The Morgan fingerprint density at radius 2 is 2.50 bits per heavy atom. The van der Waals surface area contributed by atoms with Crippen LogP contribution in [-0.2, 0) is 4.79 Å². The molecule has 46 valence electrons. The zero-order chi connectivity index (χ0) is 6.41. The van der Waals surface area contributed by atoms with Crippen molar-refractivity contribution in [3.05, 3.63) is 12.8 Å². The van der Waals surface area contributed by atoms with E-state index in [-0.39, 0.29) is 18.9 Å². The van der Waals surface area contributed by atoms with E-state index >= 15 is 0 Å². The van der Waals surface area contributed by atoms with Crippen LogP contribution in [0.4, 0.5) is 0 Å². The fourth-order valence-corrected chi connectivity index (χ4v) is 0.288. The van der Waals surface area contributed by atoms with Crippen molar-refractivity contribution < 1.29 is 9.90 Å². The first-order valence-electron chi connectivity index (χ1n) is 2.32. The summed E-state index contributed by atoms with van der Waals surface area (Å²) >= 11 is 0.